The van der Waals surface area contributed by atoms with Crippen LogP contribution in [0.1, 0.15) is 23.4 Å². The lowest BCUT2D eigenvalue weighted by Gasteiger charge is -2.11. The summed E-state index contributed by atoms with van der Waals surface area (Å²) in [7, 11) is 0. The zero-order valence-corrected chi connectivity index (χ0v) is 14.2. The zero-order chi connectivity index (χ0) is 17.9. The van der Waals surface area contributed by atoms with E-state index in [1.165, 1.54) is 11.8 Å². The second kappa shape index (κ2) is 7.65. The van der Waals surface area contributed by atoms with Gasteiger partial charge in [0.1, 0.15) is 5.82 Å². The molecule has 24 heavy (non-hydrogen) atoms. The van der Waals surface area contributed by atoms with E-state index in [1.807, 2.05) is 20.1 Å². The Labute approximate surface area is 141 Å². The van der Waals surface area contributed by atoms with Crippen LogP contribution in [-0.4, -0.2) is 22.1 Å². The van der Waals surface area contributed by atoms with Crippen LogP contribution < -0.4 is 5.32 Å². The number of hydrogen-bond donors (Lipinski definition) is 1. The van der Waals surface area contributed by atoms with Crippen molar-refractivity contribution in [2.75, 3.05) is 11.6 Å². The summed E-state index contributed by atoms with van der Waals surface area (Å²) in [6.07, 6.45) is 2.28. The van der Waals surface area contributed by atoms with E-state index in [0.29, 0.717) is 23.7 Å². The molecule has 4 nitrogen and oxygen atoms in total. The predicted octanol–water partition coefficient (Wildman–Crippen LogP) is 3.80. The minimum absolute atomic E-state index is 0.0437. The van der Waals surface area contributed by atoms with Gasteiger partial charge in [0.15, 0.2) is 16.8 Å². The number of amides is 1. The van der Waals surface area contributed by atoms with Gasteiger partial charge in [0.2, 0.25) is 5.91 Å². The van der Waals surface area contributed by atoms with Crippen molar-refractivity contribution in [2.45, 2.75) is 31.8 Å². The van der Waals surface area contributed by atoms with Gasteiger partial charge >= 0.3 is 0 Å². The average molecular weight is 355 g/mol. The van der Waals surface area contributed by atoms with Gasteiger partial charge in [0, 0.05) is 29.9 Å². The van der Waals surface area contributed by atoms with E-state index in [-0.39, 0.29) is 12.1 Å². The monoisotopic (exact) mass is 355 g/mol. The highest BCUT2D eigenvalue weighted by molar-refractivity contribution is 7.98. The van der Waals surface area contributed by atoms with Gasteiger partial charge in [-0.15, -0.1) is 0 Å². The fourth-order valence-electron chi connectivity index (χ4n) is 2.23. The van der Waals surface area contributed by atoms with Crippen molar-refractivity contribution in [3.63, 3.8) is 0 Å². The van der Waals surface area contributed by atoms with Crippen molar-refractivity contribution < 1.29 is 18.0 Å². The zero-order valence-electron chi connectivity index (χ0n) is 13.4. The number of carbonyl (C=O) groups excluding carboxylic acids is 1. The minimum atomic E-state index is -1.30. The number of nitrogens with zero attached hydrogens (tertiary/aromatic N) is 2. The van der Waals surface area contributed by atoms with Crippen molar-refractivity contribution in [3.8, 4) is 0 Å². The molecule has 8 heteroatoms. The van der Waals surface area contributed by atoms with E-state index >= 15 is 0 Å². The van der Waals surface area contributed by atoms with Gasteiger partial charge in [-0.2, -0.15) is 0 Å². The minimum Gasteiger partial charge on any atom is -0.323 e. The smallest absolute Gasteiger partial charge is 0.224 e. The van der Waals surface area contributed by atoms with Gasteiger partial charge in [-0.25, -0.2) is 23.1 Å². The topological polar surface area (TPSA) is 54.9 Å². The number of benzene rings is 1. The Morgan fingerprint density at radius 3 is 2.25 bits per heavy atom. The molecule has 1 N–H and O–H groups in total. The molecule has 0 aliphatic heterocycles. The molecule has 0 saturated carbocycles. The predicted molar refractivity (Wildman–Crippen MR) is 86.6 cm³/mol. The van der Waals surface area contributed by atoms with Crippen LogP contribution in [0.5, 0.6) is 0 Å². The summed E-state index contributed by atoms with van der Waals surface area (Å²) in [4.78, 5) is 20.6. The number of rotatable bonds is 5. The maximum Gasteiger partial charge on any atom is 0.224 e. The highest BCUT2D eigenvalue weighted by atomic mass is 32.2. The fraction of sp³-hybridized carbons (Fsp3) is 0.312. The number of nitrogens with one attached hydrogen (secondary N) is 1. The number of aromatic nitrogens is 2. The second-order valence-electron chi connectivity index (χ2n) is 5.15. The van der Waals surface area contributed by atoms with Crippen LogP contribution in [-0.2, 0) is 11.2 Å². The highest BCUT2D eigenvalue weighted by Crippen LogP contribution is 2.20. The maximum atomic E-state index is 13.5. The first-order chi connectivity index (χ1) is 11.3. The number of carbonyl (C=O) groups is 1. The molecule has 0 bridgehead atoms. The molecule has 0 radical (unpaired) electrons. The molecule has 1 aromatic carbocycles. The van der Waals surface area contributed by atoms with E-state index in [0.717, 1.165) is 17.0 Å². The first-order valence-electron chi connectivity index (χ1n) is 7.14. The standard InChI is InChI=1S/C16H16F3N3OS/c1-8-10(9(2)21-16(20-8)24-3)4-5-15(23)22-14-7-12(18)11(17)6-13(14)19/h6-7H,4-5H2,1-3H3,(H,22,23). The van der Waals surface area contributed by atoms with Crippen molar-refractivity contribution >= 4 is 23.4 Å². The van der Waals surface area contributed by atoms with Gasteiger partial charge in [-0.1, -0.05) is 11.8 Å². The van der Waals surface area contributed by atoms with Crippen LogP contribution in [0.2, 0.25) is 0 Å². The molecule has 0 aliphatic rings. The molecule has 128 valence electrons. The Kier molecular flexibility index (Phi) is 5.82. The first-order valence-corrected chi connectivity index (χ1v) is 8.36. The summed E-state index contributed by atoms with van der Waals surface area (Å²) in [6, 6.07) is 1.02. The van der Waals surface area contributed by atoms with Crippen LogP contribution in [0.4, 0.5) is 18.9 Å². The maximum absolute atomic E-state index is 13.5. The Balaban J connectivity index is 2.05. The number of halogens is 3. The van der Waals surface area contributed by atoms with Gasteiger partial charge in [-0.3, -0.25) is 4.79 Å². The lowest BCUT2D eigenvalue weighted by atomic mass is 10.1. The van der Waals surface area contributed by atoms with E-state index in [9.17, 15) is 18.0 Å². The summed E-state index contributed by atoms with van der Waals surface area (Å²) < 4.78 is 39.5. The Morgan fingerprint density at radius 2 is 1.67 bits per heavy atom. The molecule has 0 fully saturated rings. The van der Waals surface area contributed by atoms with Crippen LogP contribution >= 0.6 is 11.8 Å². The Morgan fingerprint density at radius 1 is 1.08 bits per heavy atom. The van der Waals surface area contributed by atoms with E-state index in [1.54, 1.807) is 0 Å². The summed E-state index contributed by atoms with van der Waals surface area (Å²) >= 11 is 1.43. The third kappa shape index (κ3) is 4.25. The van der Waals surface area contributed by atoms with Crippen molar-refractivity contribution in [1.29, 1.82) is 0 Å². The van der Waals surface area contributed by atoms with Gasteiger partial charge < -0.3 is 5.32 Å². The van der Waals surface area contributed by atoms with Crippen molar-refractivity contribution in [3.05, 3.63) is 46.5 Å². The number of hydrogen-bond acceptors (Lipinski definition) is 4. The molecule has 0 spiro atoms. The quantitative estimate of drug-likeness (QED) is 0.503. The van der Waals surface area contributed by atoms with Gasteiger partial charge in [-0.05, 0) is 32.1 Å². The molecule has 0 unspecified atom stereocenters. The molecule has 1 aromatic heterocycles. The molecule has 1 amide bonds. The highest BCUT2D eigenvalue weighted by Gasteiger charge is 2.14. The summed E-state index contributed by atoms with van der Waals surface area (Å²) in [5.74, 6) is -4.06. The van der Waals surface area contributed by atoms with Crippen molar-refractivity contribution in [2.24, 2.45) is 0 Å². The molecule has 0 saturated heterocycles. The Bertz CT molecular complexity index is 760. The second-order valence-corrected chi connectivity index (χ2v) is 5.93. The Hall–Kier alpha value is -2.09. The SMILES string of the molecule is CSc1nc(C)c(CCC(=O)Nc2cc(F)c(F)cc2F)c(C)n1. The molecule has 1 heterocycles. The molecular weight excluding hydrogens is 339 g/mol. The lowest BCUT2D eigenvalue weighted by Crippen LogP contribution is -2.15. The average Bonchev–Trinajstić information content (AvgIpc) is 2.51. The fourth-order valence-corrected chi connectivity index (χ4v) is 2.69. The molecule has 2 rings (SSSR count). The van der Waals surface area contributed by atoms with Crippen LogP contribution in [0, 0.1) is 31.3 Å². The summed E-state index contributed by atoms with van der Waals surface area (Å²) in [5.41, 5.74) is 2.01. The molecule has 0 aliphatic carbocycles. The third-order valence-electron chi connectivity index (χ3n) is 3.47. The summed E-state index contributed by atoms with van der Waals surface area (Å²) in [6.45, 7) is 3.66. The van der Waals surface area contributed by atoms with Gasteiger partial charge in [0.05, 0.1) is 5.69 Å². The van der Waals surface area contributed by atoms with E-state index in [2.05, 4.69) is 15.3 Å². The van der Waals surface area contributed by atoms with Crippen LogP contribution in [0.3, 0.4) is 0 Å². The van der Waals surface area contributed by atoms with Crippen LogP contribution in [0.15, 0.2) is 17.3 Å². The van der Waals surface area contributed by atoms with E-state index < -0.39 is 23.4 Å². The number of anilines is 1. The third-order valence-corrected chi connectivity index (χ3v) is 4.02. The lowest BCUT2D eigenvalue weighted by molar-refractivity contribution is -0.116. The molecule has 0 atom stereocenters. The normalized spacial score (nSPS) is 10.8. The summed E-state index contributed by atoms with van der Waals surface area (Å²) in [5, 5.41) is 2.90. The van der Waals surface area contributed by atoms with Gasteiger partial charge in [0.25, 0.3) is 0 Å². The molecule has 2 aromatic rings. The first kappa shape index (κ1) is 18.3. The largest absolute Gasteiger partial charge is 0.323 e. The molecular formula is C16H16F3N3OS. The number of thioether (sulfide) groups is 1. The van der Waals surface area contributed by atoms with E-state index in [4.69, 9.17) is 0 Å². The number of aryl methyl sites for hydroxylation is 2. The van der Waals surface area contributed by atoms with Crippen molar-refractivity contribution in [1.82, 2.24) is 9.97 Å². The van der Waals surface area contributed by atoms with Crippen LogP contribution in [0.25, 0.3) is 0 Å².